The molecule has 5 heterocycles. The predicted molar refractivity (Wildman–Crippen MR) is 147 cm³/mol. The standard InChI is InChI=1S/C29H25FN8O/c30-19-7-3-6-17(8-19)22-13-32-14-25-26(22)36-28(35-25)27-21-10-23(33-15-24(21)37-38-27)18-9-20(12-31-11-18)34-29(39)16-4-1-2-5-16/h3,6-16,29,34,39H,1-2,4-5H2,(H,35,36)(H,37,38). The molecule has 1 saturated carbocycles. The maximum atomic E-state index is 13.9. The van der Waals surface area contributed by atoms with Crippen molar-refractivity contribution in [2.45, 2.75) is 31.9 Å². The zero-order chi connectivity index (χ0) is 26.3. The van der Waals surface area contributed by atoms with Crippen LogP contribution in [0.3, 0.4) is 0 Å². The number of hydrogen-bond acceptors (Lipinski definition) is 7. The lowest BCUT2D eigenvalue weighted by atomic mass is 10.1. The van der Waals surface area contributed by atoms with Crippen LogP contribution in [0, 0.1) is 11.7 Å². The summed E-state index contributed by atoms with van der Waals surface area (Å²) in [7, 11) is 0. The summed E-state index contributed by atoms with van der Waals surface area (Å²) in [6, 6.07) is 10.3. The molecule has 10 heteroatoms. The summed E-state index contributed by atoms with van der Waals surface area (Å²) < 4.78 is 13.9. The highest BCUT2D eigenvalue weighted by molar-refractivity contribution is 5.97. The van der Waals surface area contributed by atoms with Crippen LogP contribution in [-0.4, -0.2) is 46.5 Å². The SMILES string of the molecule is OC(Nc1cncc(-c2cc3c(-c4nc5c(-c6cccc(F)c6)cncc5[nH]4)n[nH]c3cn2)c1)C1CCCC1. The van der Waals surface area contributed by atoms with E-state index in [4.69, 9.17) is 4.98 Å². The Morgan fingerprint density at radius 2 is 1.82 bits per heavy atom. The molecule has 1 fully saturated rings. The number of nitrogens with zero attached hydrogens (tertiary/aromatic N) is 5. The Morgan fingerprint density at radius 1 is 0.949 bits per heavy atom. The van der Waals surface area contributed by atoms with Crippen LogP contribution in [-0.2, 0) is 0 Å². The summed E-state index contributed by atoms with van der Waals surface area (Å²) in [5.74, 6) is 0.504. The van der Waals surface area contributed by atoms with Crippen LogP contribution in [0.15, 0.2) is 67.4 Å². The third-order valence-corrected chi connectivity index (χ3v) is 7.40. The minimum atomic E-state index is -0.597. The van der Waals surface area contributed by atoms with E-state index >= 15 is 0 Å². The fourth-order valence-corrected chi connectivity index (χ4v) is 5.39. The predicted octanol–water partition coefficient (Wildman–Crippen LogP) is 5.68. The summed E-state index contributed by atoms with van der Waals surface area (Å²) in [6.07, 6.45) is 12.4. The van der Waals surface area contributed by atoms with Gasteiger partial charge >= 0.3 is 0 Å². The average Bonchev–Trinajstić information content (AvgIpc) is 3.72. The van der Waals surface area contributed by atoms with Crippen molar-refractivity contribution in [2.75, 3.05) is 5.32 Å². The van der Waals surface area contributed by atoms with Gasteiger partial charge in [0.05, 0.1) is 46.5 Å². The van der Waals surface area contributed by atoms with Crippen molar-refractivity contribution in [1.82, 2.24) is 35.1 Å². The third kappa shape index (κ3) is 4.38. The molecule has 0 aliphatic heterocycles. The van der Waals surface area contributed by atoms with E-state index < -0.39 is 6.23 Å². The molecule has 1 aromatic carbocycles. The second-order valence-electron chi connectivity index (χ2n) is 9.96. The number of halogens is 1. The molecule has 0 spiro atoms. The number of benzene rings is 1. The third-order valence-electron chi connectivity index (χ3n) is 7.40. The number of aliphatic hydroxyl groups is 1. The van der Waals surface area contributed by atoms with E-state index in [1.54, 1.807) is 37.1 Å². The summed E-state index contributed by atoms with van der Waals surface area (Å²) >= 11 is 0. The van der Waals surface area contributed by atoms with Gasteiger partial charge in [-0.1, -0.05) is 25.0 Å². The molecule has 7 rings (SSSR count). The molecule has 6 aromatic rings. The van der Waals surface area contributed by atoms with Crippen LogP contribution in [0.25, 0.3) is 55.8 Å². The van der Waals surface area contributed by atoms with Crippen LogP contribution in [0.5, 0.6) is 0 Å². The second-order valence-corrected chi connectivity index (χ2v) is 9.96. The monoisotopic (exact) mass is 520 g/mol. The van der Waals surface area contributed by atoms with Gasteiger partial charge < -0.3 is 15.4 Å². The van der Waals surface area contributed by atoms with E-state index in [1.807, 2.05) is 18.2 Å². The van der Waals surface area contributed by atoms with E-state index in [0.29, 0.717) is 22.6 Å². The maximum Gasteiger partial charge on any atom is 0.159 e. The second kappa shape index (κ2) is 9.55. The number of aromatic amines is 2. The molecule has 39 heavy (non-hydrogen) atoms. The molecular formula is C29H25FN8O. The molecule has 5 aromatic heterocycles. The van der Waals surface area contributed by atoms with Gasteiger partial charge in [-0.05, 0) is 42.7 Å². The molecule has 1 unspecified atom stereocenters. The number of fused-ring (bicyclic) bond motifs is 2. The average molecular weight is 521 g/mol. The maximum absolute atomic E-state index is 13.9. The Morgan fingerprint density at radius 3 is 2.69 bits per heavy atom. The smallest absolute Gasteiger partial charge is 0.159 e. The highest BCUT2D eigenvalue weighted by Crippen LogP contribution is 2.33. The van der Waals surface area contributed by atoms with Crippen LogP contribution in [0.2, 0.25) is 0 Å². The zero-order valence-corrected chi connectivity index (χ0v) is 20.9. The summed E-state index contributed by atoms with van der Waals surface area (Å²) in [4.78, 5) is 21.4. The Bertz CT molecular complexity index is 1810. The van der Waals surface area contributed by atoms with Gasteiger partial charge in [0.1, 0.15) is 17.7 Å². The van der Waals surface area contributed by atoms with Crippen molar-refractivity contribution < 1.29 is 9.50 Å². The van der Waals surface area contributed by atoms with Crippen LogP contribution in [0.4, 0.5) is 10.1 Å². The van der Waals surface area contributed by atoms with Gasteiger partial charge in [-0.15, -0.1) is 0 Å². The lowest BCUT2D eigenvalue weighted by molar-refractivity contribution is 0.137. The van der Waals surface area contributed by atoms with Crippen molar-refractivity contribution >= 4 is 27.6 Å². The Hall–Kier alpha value is -4.70. The molecule has 194 valence electrons. The van der Waals surface area contributed by atoms with Crippen LogP contribution in [0.1, 0.15) is 25.7 Å². The van der Waals surface area contributed by atoms with Crippen molar-refractivity contribution in [1.29, 1.82) is 0 Å². The van der Waals surface area contributed by atoms with Crippen molar-refractivity contribution in [2.24, 2.45) is 5.92 Å². The van der Waals surface area contributed by atoms with Gasteiger partial charge in [0.25, 0.3) is 0 Å². The quantitative estimate of drug-likeness (QED) is 0.208. The van der Waals surface area contributed by atoms with E-state index in [9.17, 15) is 9.50 Å². The zero-order valence-electron chi connectivity index (χ0n) is 20.9. The van der Waals surface area contributed by atoms with E-state index in [1.165, 1.54) is 12.1 Å². The number of hydrogen-bond donors (Lipinski definition) is 4. The molecule has 0 radical (unpaired) electrons. The van der Waals surface area contributed by atoms with Gasteiger partial charge in [0, 0.05) is 34.8 Å². The molecule has 9 nitrogen and oxygen atoms in total. The highest BCUT2D eigenvalue weighted by atomic mass is 19.1. The first-order valence-corrected chi connectivity index (χ1v) is 13.0. The molecule has 0 bridgehead atoms. The molecule has 0 saturated heterocycles. The lowest BCUT2D eigenvalue weighted by Crippen LogP contribution is -2.26. The minimum absolute atomic E-state index is 0.261. The number of rotatable bonds is 6. The van der Waals surface area contributed by atoms with E-state index in [-0.39, 0.29) is 11.7 Å². The van der Waals surface area contributed by atoms with Gasteiger partial charge in [-0.25, -0.2) is 9.37 Å². The number of nitrogens with one attached hydrogen (secondary N) is 3. The van der Waals surface area contributed by atoms with Crippen LogP contribution < -0.4 is 5.32 Å². The summed E-state index contributed by atoms with van der Waals surface area (Å²) in [5, 5.41) is 22.2. The molecule has 0 amide bonds. The summed E-state index contributed by atoms with van der Waals surface area (Å²) in [5.41, 5.74) is 6.50. The lowest BCUT2D eigenvalue weighted by Gasteiger charge is -2.20. The van der Waals surface area contributed by atoms with Crippen molar-refractivity contribution in [3.63, 3.8) is 0 Å². The Kier molecular flexibility index (Phi) is 5.74. The molecule has 1 aliphatic rings. The molecule has 4 N–H and O–H groups in total. The fourth-order valence-electron chi connectivity index (χ4n) is 5.39. The molecule has 1 aliphatic carbocycles. The van der Waals surface area contributed by atoms with E-state index in [2.05, 4.69) is 35.5 Å². The van der Waals surface area contributed by atoms with Gasteiger partial charge in [-0.3, -0.25) is 20.1 Å². The largest absolute Gasteiger partial charge is 0.374 e. The van der Waals surface area contributed by atoms with Gasteiger partial charge in [0.15, 0.2) is 5.82 Å². The number of anilines is 1. The first-order chi connectivity index (χ1) is 19.1. The number of imidazole rings is 1. The van der Waals surface area contributed by atoms with Gasteiger partial charge in [-0.2, -0.15) is 5.10 Å². The van der Waals surface area contributed by atoms with Crippen molar-refractivity contribution in [3.05, 3.63) is 73.2 Å². The number of aliphatic hydroxyl groups excluding tert-OH is 1. The number of H-pyrrole nitrogens is 2. The van der Waals surface area contributed by atoms with Crippen molar-refractivity contribution in [3.8, 4) is 33.9 Å². The van der Waals surface area contributed by atoms with Crippen LogP contribution >= 0.6 is 0 Å². The minimum Gasteiger partial charge on any atom is -0.374 e. The fraction of sp³-hybridized carbons (Fsp3) is 0.207. The first kappa shape index (κ1) is 23.4. The Labute approximate surface area is 222 Å². The van der Waals surface area contributed by atoms with E-state index in [0.717, 1.165) is 64.6 Å². The number of aromatic nitrogens is 7. The molecule has 1 atom stereocenters. The highest BCUT2D eigenvalue weighted by Gasteiger charge is 2.23. The normalized spacial score (nSPS) is 14.8. The number of pyridine rings is 3. The van der Waals surface area contributed by atoms with Gasteiger partial charge in [0.2, 0.25) is 0 Å². The first-order valence-electron chi connectivity index (χ1n) is 13.0. The molecular weight excluding hydrogens is 495 g/mol. The summed E-state index contributed by atoms with van der Waals surface area (Å²) in [6.45, 7) is 0. The topological polar surface area (TPSA) is 128 Å². The Balaban J connectivity index is 1.24.